The van der Waals surface area contributed by atoms with Crippen molar-refractivity contribution in [3.63, 3.8) is 0 Å². The fraction of sp³-hybridized carbons (Fsp3) is 0.471. The largest absolute Gasteiger partial charge is 0.391 e. The monoisotopic (exact) mass is 1300 g/mol. The SMILES string of the molecule is CC(C)CC(NC(=O)N(C)C(=O)C(Cc1ccccc1)N(C)C(=O)[C@@H](C)NC(=O)CNC(=O)[C@H](Cc1ccccc1)N(C)C(=O)C(Cc1ccccc1)N(C)C(=O)[C@H](COC(C)(C)C)NC(=O)[C@H](CC(C)C)N(C)C(=O)/C=C\c1ccccc1)C(=O)N[C@H](C(N)=O)[C@@H](C)O. The lowest BCUT2D eigenvalue weighted by Crippen LogP contribution is -2.61. The van der Waals surface area contributed by atoms with Crippen LogP contribution in [-0.4, -0.2) is 203 Å². The quantitative estimate of drug-likeness (QED) is 0.0336. The highest BCUT2D eigenvalue weighted by Gasteiger charge is 2.41. The number of urea groups is 1. The highest BCUT2D eigenvalue weighted by atomic mass is 16.5. The molecule has 0 saturated carbocycles. The summed E-state index contributed by atoms with van der Waals surface area (Å²) in [7, 11) is 6.85. The number of aliphatic hydroxyl groups is 1. The van der Waals surface area contributed by atoms with Crippen molar-refractivity contribution in [2.75, 3.05) is 48.4 Å². The normalized spacial score (nSPS) is 14.3. The summed E-state index contributed by atoms with van der Waals surface area (Å²) in [5, 5.41) is 23.0. The molecule has 4 rings (SSSR count). The zero-order valence-electron chi connectivity index (χ0n) is 56.7. The third kappa shape index (κ3) is 24.3. The molecule has 0 radical (unpaired) electrons. The molecular weight excluding hydrogens is 1200 g/mol. The number of likely N-dealkylation sites (N-methyl/N-ethyl adjacent to an activating group) is 5. The molecule has 0 aromatic heterocycles. The van der Waals surface area contributed by atoms with Crippen molar-refractivity contribution >= 4 is 71.2 Å². The van der Waals surface area contributed by atoms with Gasteiger partial charge in [0.25, 0.3) is 5.91 Å². The lowest BCUT2D eigenvalue weighted by atomic mass is 9.99. The molecule has 94 heavy (non-hydrogen) atoms. The third-order valence-corrected chi connectivity index (χ3v) is 15.7. The summed E-state index contributed by atoms with van der Waals surface area (Å²) < 4.78 is 6.15. The van der Waals surface area contributed by atoms with E-state index in [0.717, 1.165) is 17.5 Å². The van der Waals surface area contributed by atoms with Crippen molar-refractivity contribution in [3.05, 3.63) is 150 Å². The molecule has 0 heterocycles. The van der Waals surface area contributed by atoms with Gasteiger partial charge in [0.05, 0.1) is 24.9 Å². The van der Waals surface area contributed by atoms with Crippen LogP contribution < -0.4 is 32.3 Å². The molecule has 0 bridgehead atoms. The van der Waals surface area contributed by atoms with Gasteiger partial charge >= 0.3 is 6.03 Å². The number of carbonyl (C=O) groups excluding carboxylic acids is 11. The second-order valence-electron chi connectivity index (χ2n) is 25.5. The van der Waals surface area contributed by atoms with E-state index in [2.05, 4.69) is 26.6 Å². The first-order valence-electron chi connectivity index (χ1n) is 31.5. The number of imide groups is 1. The molecule has 0 aliphatic heterocycles. The molecule has 24 nitrogen and oxygen atoms in total. The average Bonchev–Trinajstić information content (AvgIpc) is 0.827. The van der Waals surface area contributed by atoms with Gasteiger partial charge in [0, 0.05) is 60.6 Å². The van der Waals surface area contributed by atoms with E-state index in [-0.39, 0.29) is 50.5 Å². The Bertz CT molecular complexity index is 3220. The van der Waals surface area contributed by atoms with E-state index < -0.39 is 132 Å². The lowest BCUT2D eigenvalue weighted by molar-refractivity contribution is -0.150. The van der Waals surface area contributed by atoms with E-state index in [1.165, 1.54) is 62.8 Å². The van der Waals surface area contributed by atoms with Crippen LogP contribution in [0, 0.1) is 11.8 Å². The van der Waals surface area contributed by atoms with Gasteiger partial charge in [-0.3, -0.25) is 52.8 Å². The van der Waals surface area contributed by atoms with Gasteiger partial charge in [-0.2, -0.15) is 0 Å². The van der Waals surface area contributed by atoms with E-state index in [4.69, 9.17) is 10.5 Å². The van der Waals surface area contributed by atoms with E-state index >= 15 is 9.59 Å². The van der Waals surface area contributed by atoms with Crippen LogP contribution in [-0.2, 0) is 71.9 Å². The molecule has 8 N–H and O–H groups in total. The molecule has 4 aromatic rings. The summed E-state index contributed by atoms with van der Waals surface area (Å²) in [6.45, 7) is 14.4. The maximum atomic E-state index is 15.3. The van der Waals surface area contributed by atoms with Crippen LogP contribution in [0.4, 0.5) is 4.79 Å². The highest BCUT2D eigenvalue weighted by Crippen LogP contribution is 2.20. The van der Waals surface area contributed by atoms with E-state index in [1.807, 2.05) is 44.2 Å². The molecular formula is C70H97N11O13. The Morgan fingerprint density at radius 3 is 1.44 bits per heavy atom. The van der Waals surface area contributed by atoms with Crippen molar-refractivity contribution < 1.29 is 62.6 Å². The van der Waals surface area contributed by atoms with Gasteiger partial charge in [-0.25, -0.2) is 4.79 Å². The van der Waals surface area contributed by atoms with E-state index in [9.17, 15) is 48.3 Å². The molecule has 3 unspecified atom stereocenters. The van der Waals surface area contributed by atoms with Crippen molar-refractivity contribution in [2.45, 2.75) is 154 Å². The number of hydrogen-bond acceptors (Lipinski definition) is 13. The predicted octanol–water partition coefficient (Wildman–Crippen LogP) is 3.64. The van der Waals surface area contributed by atoms with Crippen molar-refractivity contribution in [1.29, 1.82) is 0 Å². The number of hydrogen-bond donors (Lipinski definition) is 7. The van der Waals surface area contributed by atoms with Crippen LogP contribution in [0.5, 0.6) is 0 Å². The minimum atomic E-state index is -1.47. The molecule has 9 atom stereocenters. The first kappa shape index (κ1) is 77.2. The summed E-state index contributed by atoms with van der Waals surface area (Å²) in [6.07, 6.45) is 1.78. The molecule has 24 heteroatoms. The molecule has 12 amide bonds. The summed E-state index contributed by atoms with van der Waals surface area (Å²) in [4.78, 5) is 161. The van der Waals surface area contributed by atoms with Crippen LogP contribution in [0.3, 0.4) is 0 Å². The van der Waals surface area contributed by atoms with Gasteiger partial charge in [0.15, 0.2) is 0 Å². The zero-order chi connectivity index (χ0) is 70.1. The standard InChI is InChI=1S/C70H97N11O13/c1-44(2)37-52(62(86)76-60(47(6)82)61(71)85)75-69(93)81(14)68(92)57(41-51-33-25-18-26-34-51)79(12)65(89)46(5)73-58(83)42-72-63(87)55(39-49-29-21-16-22-30-49)78(11)67(91)56(40-50-31-23-17-24-32-50)80(13)66(90)53(43-94-70(7,8)9)74-64(88)54(38-45(3)4)77(10)59(84)36-35-48-27-19-15-20-28-48/h15-36,44-47,52-57,60,82H,37-43H2,1-14H3,(H2,71,85)(H,72,87)(H,73,83)(H,74,88)(H,75,93)(H,76,86)/b36-35-/t46-,47-,52?,53+,54+,55+,56?,57?,60+/m1/s1. The second kappa shape index (κ2) is 36.8. The smallest absolute Gasteiger partial charge is 0.324 e. The first-order valence-corrected chi connectivity index (χ1v) is 31.5. The molecule has 0 spiro atoms. The van der Waals surface area contributed by atoms with Crippen LogP contribution in [0.2, 0.25) is 0 Å². The molecule has 0 saturated heterocycles. The zero-order valence-corrected chi connectivity index (χ0v) is 56.7. The highest BCUT2D eigenvalue weighted by molar-refractivity contribution is 6.02. The Morgan fingerprint density at radius 1 is 0.511 bits per heavy atom. The summed E-state index contributed by atoms with van der Waals surface area (Å²) in [5.41, 5.74) is 7.30. The minimum Gasteiger partial charge on any atom is -0.391 e. The van der Waals surface area contributed by atoms with Crippen LogP contribution >= 0.6 is 0 Å². The number of carbonyl (C=O) groups is 11. The van der Waals surface area contributed by atoms with Crippen molar-refractivity contribution in [1.82, 2.24) is 51.1 Å². The van der Waals surface area contributed by atoms with Gasteiger partial charge in [-0.05, 0) is 87.6 Å². The number of nitrogens with two attached hydrogens (primary N) is 1. The average molecular weight is 1300 g/mol. The summed E-state index contributed by atoms with van der Waals surface area (Å²) in [6, 6.07) is 24.1. The molecule has 4 aromatic carbocycles. The fourth-order valence-corrected chi connectivity index (χ4v) is 10.2. The number of benzene rings is 4. The van der Waals surface area contributed by atoms with Crippen LogP contribution in [0.25, 0.3) is 6.08 Å². The second-order valence-corrected chi connectivity index (χ2v) is 25.5. The molecule has 0 fully saturated rings. The lowest BCUT2D eigenvalue weighted by Gasteiger charge is -2.37. The maximum absolute atomic E-state index is 15.3. The number of primary amides is 1. The van der Waals surface area contributed by atoms with Crippen LogP contribution in [0.15, 0.2) is 127 Å². The minimum absolute atomic E-state index is 0.0408. The van der Waals surface area contributed by atoms with Crippen molar-refractivity contribution in [3.8, 4) is 0 Å². The number of nitrogens with one attached hydrogen (secondary N) is 5. The van der Waals surface area contributed by atoms with Gasteiger partial charge in [-0.1, -0.05) is 149 Å². The van der Waals surface area contributed by atoms with Gasteiger partial charge in [0.2, 0.25) is 53.2 Å². The number of amides is 12. The Balaban J connectivity index is 1.60. The van der Waals surface area contributed by atoms with Gasteiger partial charge in [0.1, 0.15) is 48.3 Å². The fourth-order valence-electron chi connectivity index (χ4n) is 10.2. The number of rotatable bonds is 33. The Labute approximate surface area is 552 Å². The topological polar surface area (TPSA) is 320 Å². The third-order valence-electron chi connectivity index (χ3n) is 15.7. The van der Waals surface area contributed by atoms with Gasteiger partial charge in [-0.15, -0.1) is 0 Å². The Hall–Kier alpha value is -9.29. The molecule has 0 aliphatic rings. The Kier molecular flexibility index (Phi) is 30.2. The molecule has 510 valence electrons. The van der Waals surface area contributed by atoms with E-state index in [1.54, 1.807) is 132 Å². The summed E-state index contributed by atoms with van der Waals surface area (Å²) >= 11 is 0. The predicted molar refractivity (Wildman–Crippen MR) is 357 cm³/mol. The number of nitrogens with zero attached hydrogens (tertiary/aromatic N) is 5. The Morgan fingerprint density at radius 2 is 0.968 bits per heavy atom. The number of ether oxygens (including phenoxy) is 1. The number of aliphatic hydroxyl groups excluding tert-OH is 1. The maximum Gasteiger partial charge on any atom is 0.324 e. The first-order chi connectivity index (χ1) is 44.2. The van der Waals surface area contributed by atoms with E-state index in [0.29, 0.717) is 21.6 Å². The summed E-state index contributed by atoms with van der Waals surface area (Å²) in [5.74, 6) is -7.75. The van der Waals surface area contributed by atoms with Crippen molar-refractivity contribution in [2.24, 2.45) is 17.6 Å². The van der Waals surface area contributed by atoms with Gasteiger partial charge < -0.3 is 61.8 Å². The molecule has 0 aliphatic carbocycles. The van der Waals surface area contributed by atoms with Crippen LogP contribution in [0.1, 0.15) is 97.4 Å².